The molecular formula is C19H16N2O. The van der Waals surface area contributed by atoms with Crippen LogP contribution in [0.25, 0.3) is 17.0 Å². The average molecular weight is 288 g/mol. The molecule has 108 valence electrons. The summed E-state index contributed by atoms with van der Waals surface area (Å²) >= 11 is 0. The summed E-state index contributed by atoms with van der Waals surface area (Å²) in [7, 11) is 0. The minimum Gasteiger partial charge on any atom is -0.348 e. The van der Waals surface area contributed by atoms with Crippen molar-refractivity contribution in [1.29, 1.82) is 0 Å². The van der Waals surface area contributed by atoms with E-state index in [9.17, 15) is 4.79 Å². The maximum absolute atomic E-state index is 11.8. The minimum atomic E-state index is -0.114. The molecule has 0 fully saturated rings. The van der Waals surface area contributed by atoms with Gasteiger partial charge in [0, 0.05) is 24.2 Å². The quantitative estimate of drug-likeness (QED) is 0.746. The Bertz CT molecular complexity index is 810. The predicted molar refractivity (Wildman–Crippen MR) is 89.1 cm³/mol. The molecule has 3 rings (SSSR count). The van der Waals surface area contributed by atoms with Crippen molar-refractivity contribution in [3.63, 3.8) is 0 Å². The molecule has 2 aromatic carbocycles. The Hall–Kier alpha value is -2.94. The van der Waals surface area contributed by atoms with Crippen LogP contribution < -0.4 is 5.32 Å². The summed E-state index contributed by atoms with van der Waals surface area (Å²) in [6.45, 7) is 0.528. The van der Waals surface area contributed by atoms with Crippen LogP contribution in [0.5, 0.6) is 0 Å². The second-order valence-electron chi connectivity index (χ2n) is 5.00. The maximum atomic E-state index is 11.8. The number of fused-ring (bicyclic) bond motifs is 1. The summed E-state index contributed by atoms with van der Waals surface area (Å²) < 4.78 is 0. The lowest BCUT2D eigenvalue weighted by molar-refractivity contribution is -0.116. The zero-order chi connectivity index (χ0) is 15.2. The highest BCUT2D eigenvalue weighted by molar-refractivity contribution is 5.92. The number of benzene rings is 2. The number of aromatic nitrogens is 1. The molecule has 0 saturated carbocycles. The summed E-state index contributed by atoms with van der Waals surface area (Å²) in [4.78, 5) is 16.2. The monoisotopic (exact) mass is 288 g/mol. The van der Waals surface area contributed by atoms with Crippen molar-refractivity contribution in [2.24, 2.45) is 0 Å². The van der Waals surface area contributed by atoms with E-state index in [0.717, 1.165) is 22.0 Å². The van der Waals surface area contributed by atoms with E-state index in [1.54, 1.807) is 12.3 Å². The number of hydrogen-bond acceptors (Lipinski definition) is 2. The Kier molecular flexibility index (Phi) is 4.25. The molecule has 0 atom stereocenters. The zero-order valence-corrected chi connectivity index (χ0v) is 12.1. The highest BCUT2D eigenvalue weighted by Crippen LogP contribution is 2.13. The third-order valence-electron chi connectivity index (χ3n) is 3.35. The van der Waals surface area contributed by atoms with Gasteiger partial charge in [0.15, 0.2) is 0 Å². The van der Waals surface area contributed by atoms with Gasteiger partial charge in [-0.05, 0) is 29.3 Å². The first-order chi connectivity index (χ1) is 10.8. The van der Waals surface area contributed by atoms with Crippen molar-refractivity contribution in [3.05, 3.63) is 84.1 Å². The summed E-state index contributed by atoms with van der Waals surface area (Å²) in [6, 6.07) is 19.8. The Morgan fingerprint density at radius 3 is 2.68 bits per heavy atom. The summed E-state index contributed by atoms with van der Waals surface area (Å²) in [5.41, 5.74) is 2.94. The summed E-state index contributed by atoms with van der Waals surface area (Å²) in [5.74, 6) is -0.114. The molecule has 1 heterocycles. The average Bonchev–Trinajstić information content (AvgIpc) is 2.59. The van der Waals surface area contributed by atoms with Crippen LogP contribution >= 0.6 is 0 Å². The SMILES string of the molecule is O=C(C=Cc1cnc2ccccc2c1)NCc1ccccc1. The molecule has 1 amide bonds. The minimum absolute atomic E-state index is 0.114. The molecule has 1 N–H and O–H groups in total. The molecule has 0 aliphatic rings. The van der Waals surface area contributed by atoms with Crippen LogP contribution in [-0.4, -0.2) is 10.9 Å². The third-order valence-corrected chi connectivity index (χ3v) is 3.35. The largest absolute Gasteiger partial charge is 0.348 e. The van der Waals surface area contributed by atoms with Gasteiger partial charge in [0.25, 0.3) is 0 Å². The van der Waals surface area contributed by atoms with E-state index in [1.807, 2.05) is 60.7 Å². The van der Waals surface area contributed by atoms with Gasteiger partial charge in [-0.3, -0.25) is 9.78 Å². The van der Waals surface area contributed by atoms with Crippen molar-refractivity contribution in [1.82, 2.24) is 10.3 Å². The van der Waals surface area contributed by atoms with Crippen LogP contribution in [0.1, 0.15) is 11.1 Å². The van der Waals surface area contributed by atoms with Crippen molar-refractivity contribution in [2.75, 3.05) is 0 Å². The molecule has 3 heteroatoms. The molecule has 22 heavy (non-hydrogen) atoms. The lowest BCUT2D eigenvalue weighted by Gasteiger charge is -2.02. The van der Waals surface area contributed by atoms with E-state index in [-0.39, 0.29) is 5.91 Å². The third kappa shape index (κ3) is 3.58. The Balaban J connectivity index is 1.63. The fourth-order valence-electron chi connectivity index (χ4n) is 2.20. The first kappa shape index (κ1) is 14.0. The highest BCUT2D eigenvalue weighted by atomic mass is 16.1. The number of hydrogen-bond donors (Lipinski definition) is 1. The van der Waals surface area contributed by atoms with Crippen LogP contribution in [-0.2, 0) is 11.3 Å². The first-order valence-corrected chi connectivity index (χ1v) is 7.16. The van der Waals surface area contributed by atoms with E-state index in [4.69, 9.17) is 0 Å². The van der Waals surface area contributed by atoms with Gasteiger partial charge in [0.05, 0.1) is 5.52 Å². The van der Waals surface area contributed by atoms with Crippen LogP contribution in [0.15, 0.2) is 72.9 Å². The Morgan fingerprint density at radius 2 is 1.82 bits per heavy atom. The fraction of sp³-hybridized carbons (Fsp3) is 0.0526. The fourth-order valence-corrected chi connectivity index (χ4v) is 2.20. The number of rotatable bonds is 4. The summed E-state index contributed by atoms with van der Waals surface area (Å²) in [5, 5.41) is 3.92. The predicted octanol–water partition coefficient (Wildman–Crippen LogP) is 3.56. The van der Waals surface area contributed by atoms with Gasteiger partial charge in [0.1, 0.15) is 0 Å². The van der Waals surface area contributed by atoms with Gasteiger partial charge < -0.3 is 5.32 Å². The molecule has 0 unspecified atom stereocenters. The van der Waals surface area contributed by atoms with Gasteiger partial charge in [-0.1, -0.05) is 48.5 Å². The van der Waals surface area contributed by atoms with E-state index in [1.165, 1.54) is 6.08 Å². The molecule has 1 aromatic heterocycles. The van der Waals surface area contributed by atoms with Crippen molar-refractivity contribution in [3.8, 4) is 0 Å². The molecule has 0 aliphatic carbocycles. The molecule has 0 spiro atoms. The molecule has 3 aromatic rings. The topological polar surface area (TPSA) is 42.0 Å². The van der Waals surface area contributed by atoms with Crippen LogP contribution in [0, 0.1) is 0 Å². The highest BCUT2D eigenvalue weighted by Gasteiger charge is 1.98. The smallest absolute Gasteiger partial charge is 0.244 e. The second kappa shape index (κ2) is 6.68. The van der Waals surface area contributed by atoms with Gasteiger partial charge >= 0.3 is 0 Å². The molecule has 3 nitrogen and oxygen atoms in total. The lowest BCUT2D eigenvalue weighted by atomic mass is 10.1. The number of amides is 1. The van der Waals surface area contributed by atoms with Gasteiger partial charge in [-0.25, -0.2) is 0 Å². The lowest BCUT2D eigenvalue weighted by Crippen LogP contribution is -2.20. The Labute approximate surface area is 129 Å². The standard InChI is InChI=1S/C19H16N2O/c22-19(21-13-15-6-2-1-3-7-15)11-10-16-12-17-8-4-5-9-18(17)20-14-16/h1-12,14H,13H2,(H,21,22). The first-order valence-electron chi connectivity index (χ1n) is 7.16. The second-order valence-corrected chi connectivity index (χ2v) is 5.00. The molecule has 0 saturated heterocycles. The van der Waals surface area contributed by atoms with Crippen molar-refractivity contribution in [2.45, 2.75) is 6.54 Å². The molecule has 0 bridgehead atoms. The van der Waals surface area contributed by atoms with Gasteiger partial charge in [-0.15, -0.1) is 0 Å². The van der Waals surface area contributed by atoms with Crippen molar-refractivity contribution >= 4 is 22.9 Å². The normalized spacial score (nSPS) is 10.9. The molecule has 0 radical (unpaired) electrons. The van der Waals surface area contributed by atoms with Gasteiger partial charge in [-0.2, -0.15) is 0 Å². The number of nitrogens with zero attached hydrogens (tertiary/aromatic N) is 1. The number of nitrogens with one attached hydrogen (secondary N) is 1. The number of carbonyl (C=O) groups is 1. The number of para-hydroxylation sites is 1. The van der Waals surface area contributed by atoms with E-state index < -0.39 is 0 Å². The van der Waals surface area contributed by atoms with E-state index >= 15 is 0 Å². The maximum Gasteiger partial charge on any atom is 0.244 e. The van der Waals surface area contributed by atoms with Crippen LogP contribution in [0.3, 0.4) is 0 Å². The zero-order valence-electron chi connectivity index (χ0n) is 12.1. The van der Waals surface area contributed by atoms with Crippen molar-refractivity contribution < 1.29 is 4.79 Å². The number of carbonyl (C=O) groups excluding carboxylic acids is 1. The van der Waals surface area contributed by atoms with Crippen LogP contribution in [0.2, 0.25) is 0 Å². The van der Waals surface area contributed by atoms with E-state index in [0.29, 0.717) is 6.54 Å². The van der Waals surface area contributed by atoms with Crippen LogP contribution in [0.4, 0.5) is 0 Å². The number of pyridine rings is 1. The Morgan fingerprint density at radius 1 is 1.05 bits per heavy atom. The molecule has 0 aliphatic heterocycles. The van der Waals surface area contributed by atoms with Gasteiger partial charge in [0.2, 0.25) is 5.91 Å². The summed E-state index contributed by atoms with van der Waals surface area (Å²) in [6.07, 6.45) is 5.08. The van der Waals surface area contributed by atoms with E-state index in [2.05, 4.69) is 10.3 Å². The molecular weight excluding hydrogens is 272 g/mol.